The van der Waals surface area contributed by atoms with Crippen LogP contribution in [-0.2, 0) is 21.1 Å². The Kier molecular flexibility index (Phi) is 5.27. The second-order valence-electron chi connectivity index (χ2n) is 5.33. The minimum Gasteiger partial charge on any atom is -0.339 e. The van der Waals surface area contributed by atoms with Gasteiger partial charge in [0.25, 0.3) is 0 Å². The number of rotatable bonds is 5. The molecule has 116 valence electrons. The molecule has 1 saturated heterocycles. The van der Waals surface area contributed by atoms with Crippen molar-refractivity contribution in [2.45, 2.75) is 32.2 Å². The van der Waals surface area contributed by atoms with E-state index in [4.69, 9.17) is 11.6 Å². The Morgan fingerprint density at radius 1 is 1.38 bits per heavy atom. The molecule has 1 amide bonds. The first-order valence-electron chi connectivity index (χ1n) is 7.16. The quantitative estimate of drug-likeness (QED) is 0.833. The fraction of sp³-hybridized carbons (Fsp3) is 0.533. The Morgan fingerprint density at radius 2 is 2.10 bits per heavy atom. The minimum absolute atomic E-state index is 0.000445. The molecule has 0 N–H and O–H groups in total. The van der Waals surface area contributed by atoms with Gasteiger partial charge < -0.3 is 4.90 Å². The molecule has 1 aliphatic rings. The van der Waals surface area contributed by atoms with Crippen LogP contribution < -0.4 is 0 Å². The van der Waals surface area contributed by atoms with Crippen molar-refractivity contribution in [1.29, 1.82) is 0 Å². The van der Waals surface area contributed by atoms with E-state index in [9.17, 15) is 13.2 Å². The lowest BCUT2D eigenvalue weighted by Crippen LogP contribution is -2.41. The number of carbonyl (C=O) groups excluding carboxylic acids is 1. The molecule has 21 heavy (non-hydrogen) atoms. The first-order valence-corrected chi connectivity index (χ1v) is 9.36. The molecule has 0 aliphatic carbocycles. The van der Waals surface area contributed by atoms with Gasteiger partial charge in [-0.3, -0.25) is 4.79 Å². The third kappa shape index (κ3) is 4.20. The molecule has 1 aromatic carbocycles. The summed E-state index contributed by atoms with van der Waals surface area (Å²) in [4.78, 5) is 14.0. The lowest BCUT2D eigenvalue weighted by atomic mass is 10.1. The Bertz CT molecular complexity index is 615. The molecule has 1 fully saturated rings. The second-order valence-corrected chi connectivity index (χ2v) is 7.96. The molecule has 0 radical (unpaired) electrons. The zero-order valence-corrected chi connectivity index (χ0v) is 13.7. The summed E-state index contributed by atoms with van der Waals surface area (Å²) in [5, 5.41) is 0.664. The normalized spacial score (nSPS) is 20.4. The van der Waals surface area contributed by atoms with Crippen LogP contribution in [-0.4, -0.2) is 43.3 Å². The third-order valence-electron chi connectivity index (χ3n) is 3.88. The predicted molar refractivity (Wildman–Crippen MR) is 84.2 cm³/mol. The number of carbonyl (C=O) groups is 1. The summed E-state index contributed by atoms with van der Waals surface area (Å²) in [7, 11) is -2.97. The molecule has 6 heteroatoms. The fourth-order valence-electron chi connectivity index (χ4n) is 2.75. The van der Waals surface area contributed by atoms with Crippen LogP contribution in [0.5, 0.6) is 0 Å². The van der Waals surface area contributed by atoms with E-state index in [-0.39, 0.29) is 23.5 Å². The molecule has 1 heterocycles. The minimum atomic E-state index is -2.97. The highest BCUT2D eigenvalue weighted by atomic mass is 35.5. The number of hydrogen-bond donors (Lipinski definition) is 0. The average Bonchev–Trinajstić information content (AvgIpc) is 2.79. The van der Waals surface area contributed by atoms with Crippen LogP contribution in [0.4, 0.5) is 0 Å². The number of aryl methyl sites for hydroxylation is 1. The molecule has 1 unspecified atom stereocenters. The van der Waals surface area contributed by atoms with Crippen molar-refractivity contribution in [3.05, 3.63) is 34.9 Å². The van der Waals surface area contributed by atoms with Crippen molar-refractivity contribution < 1.29 is 13.2 Å². The van der Waals surface area contributed by atoms with E-state index in [0.717, 1.165) is 5.56 Å². The van der Waals surface area contributed by atoms with Crippen LogP contribution in [0.2, 0.25) is 5.02 Å². The van der Waals surface area contributed by atoms with E-state index in [2.05, 4.69) is 0 Å². The van der Waals surface area contributed by atoms with E-state index in [1.54, 1.807) is 4.90 Å². The van der Waals surface area contributed by atoms with Crippen molar-refractivity contribution >= 4 is 27.3 Å². The van der Waals surface area contributed by atoms with Gasteiger partial charge in [-0.25, -0.2) is 8.42 Å². The smallest absolute Gasteiger partial charge is 0.223 e. The van der Waals surface area contributed by atoms with Crippen LogP contribution >= 0.6 is 11.6 Å². The van der Waals surface area contributed by atoms with Crippen LogP contribution in [0, 0.1) is 0 Å². The number of amides is 1. The average molecular weight is 330 g/mol. The summed E-state index contributed by atoms with van der Waals surface area (Å²) in [5.74, 6) is 0.282. The van der Waals surface area contributed by atoms with Gasteiger partial charge >= 0.3 is 0 Å². The van der Waals surface area contributed by atoms with Crippen molar-refractivity contribution in [1.82, 2.24) is 4.90 Å². The maximum absolute atomic E-state index is 12.3. The Morgan fingerprint density at radius 3 is 2.67 bits per heavy atom. The standard InChI is InChI=1S/C15H20ClNO3S/c1-2-17(13-9-10-21(19,20)11-13)15(18)8-7-12-5-3-4-6-14(12)16/h3-6,13H,2,7-11H2,1H3. The van der Waals surface area contributed by atoms with Crippen LogP contribution in [0.1, 0.15) is 25.3 Å². The van der Waals surface area contributed by atoms with Gasteiger partial charge in [0, 0.05) is 24.0 Å². The first-order chi connectivity index (χ1) is 9.93. The zero-order valence-electron chi connectivity index (χ0n) is 12.1. The van der Waals surface area contributed by atoms with Gasteiger partial charge in [0.15, 0.2) is 9.84 Å². The number of nitrogens with zero attached hydrogens (tertiary/aromatic N) is 1. The Hall–Kier alpha value is -1.07. The monoisotopic (exact) mass is 329 g/mol. The molecule has 0 spiro atoms. The Balaban J connectivity index is 1.97. The number of halogens is 1. The number of sulfone groups is 1. The number of benzene rings is 1. The molecule has 0 bridgehead atoms. The van der Waals surface area contributed by atoms with E-state index in [0.29, 0.717) is 30.8 Å². The molecule has 1 atom stereocenters. The number of hydrogen-bond acceptors (Lipinski definition) is 3. The van der Waals surface area contributed by atoms with Gasteiger partial charge in [-0.15, -0.1) is 0 Å². The van der Waals surface area contributed by atoms with Gasteiger partial charge in [-0.1, -0.05) is 29.8 Å². The highest BCUT2D eigenvalue weighted by Crippen LogP contribution is 2.20. The van der Waals surface area contributed by atoms with Gasteiger partial charge in [0.2, 0.25) is 5.91 Å². The van der Waals surface area contributed by atoms with E-state index >= 15 is 0 Å². The van der Waals surface area contributed by atoms with Gasteiger partial charge in [0.05, 0.1) is 11.5 Å². The highest BCUT2D eigenvalue weighted by Gasteiger charge is 2.33. The molecule has 0 aromatic heterocycles. The summed E-state index contributed by atoms with van der Waals surface area (Å²) in [5.41, 5.74) is 0.947. The van der Waals surface area contributed by atoms with Crippen molar-refractivity contribution in [3.8, 4) is 0 Å². The summed E-state index contributed by atoms with van der Waals surface area (Å²) >= 11 is 6.08. The van der Waals surface area contributed by atoms with Crippen molar-refractivity contribution in [2.75, 3.05) is 18.1 Å². The van der Waals surface area contributed by atoms with Crippen molar-refractivity contribution in [3.63, 3.8) is 0 Å². The largest absolute Gasteiger partial charge is 0.339 e. The van der Waals surface area contributed by atoms with Crippen LogP contribution in [0.3, 0.4) is 0 Å². The van der Waals surface area contributed by atoms with Gasteiger partial charge in [0.1, 0.15) is 0 Å². The maximum atomic E-state index is 12.3. The summed E-state index contributed by atoms with van der Waals surface area (Å²) in [6.45, 7) is 2.43. The van der Waals surface area contributed by atoms with Gasteiger partial charge in [-0.05, 0) is 31.4 Å². The van der Waals surface area contributed by atoms with Crippen molar-refractivity contribution in [2.24, 2.45) is 0 Å². The SMILES string of the molecule is CCN(C(=O)CCc1ccccc1Cl)C1CCS(=O)(=O)C1. The van der Waals surface area contributed by atoms with E-state index in [1.807, 2.05) is 31.2 Å². The molecular formula is C15H20ClNO3S. The molecule has 1 aromatic rings. The van der Waals surface area contributed by atoms with Gasteiger partial charge in [-0.2, -0.15) is 0 Å². The molecular weight excluding hydrogens is 310 g/mol. The molecule has 4 nitrogen and oxygen atoms in total. The molecule has 0 saturated carbocycles. The summed E-state index contributed by atoms with van der Waals surface area (Å²) in [6.07, 6.45) is 1.48. The van der Waals surface area contributed by atoms with E-state index in [1.165, 1.54) is 0 Å². The molecule has 2 rings (SSSR count). The summed E-state index contributed by atoms with van der Waals surface area (Å²) < 4.78 is 23.1. The zero-order chi connectivity index (χ0) is 15.5. The van der Waals surface area contributed by atoms with E-state index < -0.39 is 9.84 Å². The lowest BCUT2D eigenvalue weighted by molar-refractivity contribution is -0.132. The summed E-state index contributed by atoms with van der Waals surface area (Å²) in [6, 6.07) is 7.30. The third-order valence-corrected chi connectivity index (χ3v) is 6.00. The Labute approximate surface area is 131 Å². The predicted octanol–water partition coefficient (Wildman–Crippen LogP) is 2.31. The first kappa shape index (κ1) is 16.3. The second kappa shape index (κ2) is 6.79. The van der Waals surface area contributed by atoms with Crippen LogP contribution in [0.25, 0.3) is 0 Å². The fourth-order valence-corrected chi connectivity index (χ4v) is 4.71. The highest BCUT2D eigenvalue weighted by molar-refractivity contribution is 7.91. The topological polar surface area (TPSA) is 54.5 Å². The maximum Gasteiger partial charge on any atom is 0.223 e. The molecule has 1 aliphatic heterocycles. The van der Waals surface area contributed by atoms with Crippen LogP contribution in [0.15, 0.2) is 24.3 Å². The lowest BCUT2D eigenvalue weighted by Gasteiger charge is -2.27.